The Labute approximate surface area is 197 Å². The Morgan fingerprint density at radius 3 is 2.76 bits per heavy atom. The van der Waals surface area contributed by atoms with Crippen LogP contribution in [0.2, 0.25) is 0 Å². The van der Waals surface area contributed by atoms with Crippen molar-refractivity contribution in [3.63, 3.8) is 0 Å². The van der Waals surface area contributed by atoms with Crippen molar-refractivity contribution in [2.24, 2.45) is 16.0 Å². The number of hydrazone groups is 1. The van der Waals surface area contributed by atoms with Gasteiger partial charge in [-0.15, -0.1) is 0 Å². The summed E-state index contributed by atoms with van der Waals surface area (Å²) in [7, 11) is 1.62. The average Bonchev–Trinajstić information content (AvgIpc) is 3.32. The Balaban J connectivity index is 1.48. The highest BCUT2D eigenvalue weighted by atomic mass is 32.2. The molecular formula is C22H19N7O2S2. The number of methoxy groups -OCH3 is 1. The van der Waals surface area contributed by atoms with Crippen LogP contribution in [0.4, 0.5) is 0 Å². The number of fused-ring (bicyclic) bond motifs is 2. The minimum atomic E-state index is -0.451. The molecule has 9 nitrogen and oxygen atoms in total. The SMILES string of the molecule is CCc1nn2c(C=C3C(=N)N4N=C(C5CC5)SC4=NC3=O)c(-c3ccc(OC)cc3)nc2s1. The summed E-state index contributed by atoms with van der Waals surface area (Å²) in [6, 6.07) is 7.57. The van der Waals surface area contributed by atoms with Gasteiger partial charge in [0.05, 0.1) is 24.1 Å². The molecule has 3 aliphatic rings. The highest BCUT2D eigenvalue weighted by molar-refractivity contribution is 8.27. The van der Waals surface area contributed by atoms with E-state index in [0.29, 0.717) is 22.5 Å². The number of hydrogen-bond acceptors (Lipinski definition) is 8. The molecule has 1 N–H and O–H groups in total. The third-order valence-electron chi connectivity index (χ3n) is 5.62. The van der Waals surface area contributed by atoms with Gasteiger partial charge in [-0.3, -0.25) is 10.2 Å². The van der Waals surface area contributed by atoms with Crippen molar-refractivity contribution in [3.8, 4) is 17.0 Å². The van der Waals surface area contributed by atoms with E-state index in [2.05, 4.69) is 15.2 Å². The molecule has 2 aliphatic heterocycles. The Kier molecular flexibility index (Phi) is 4.70. The second-order valence-corrected chi connectivity index (χ2v) is 9.88. The molecule has 166 valence electrons. The van der Waals surface area contributed by atoms with Gasteiger partial charge in [-0.25, -0.2) is 9.50 Å². The predicted molar refractivity (Wildman–Crippen MR) is 130 cm³/mol. The summed E-state index contributed by atoms with van der Waals surface area (Å²) >= 11 is 2.90. The lowest BCUT2D eigenvalue weighted by molar-refractivity contribution is -0.114. The summed E-state index contributed by atoms with van der Waals surface area (Å²) in [4.78, 5) is 22.7. The first kappa shape index (κ1) is 20.3. The van der Waals surface area contributed by atoms with Crippen LogP contribution in [0.15, 0.2) is 39.9 Å². The quantitative estimate of drug-likeness (QED) is 0.555. The highest BCUT2D eigenvalue weighted by Crippen LogP contribution is 2.40. The van der Waals surface area contributed by atoms with Crippen molar-refractivity contribution >= 4 is 56.1 Å². The molecule has 2 aromatic heterocycles. The van der Waals surface area contributed by atoms with Crippen LogP contribution in [0.1, 0.15) is 30.5 Å². The van der Waals surface area contributed by atoms with Gasteiger partial charge in [0, 0.05) is 11.5 Å². The standard InChI is InChI=1S/C22H19N7O2S2/c1-3-16-26-28-15(17(24-21(28)32-16)11-6-8-13(31-2)9-7-11)10-14-18(23)29-22(25-19(14)30)33-20(27-29)12-4-5-12/h6-10,12,23H,3-5H2,1-2H3. The van der Waals surface area contributed by atoms with E-state index >= 15 is 0 Å². The van der Waals surface area contributed by atoms with E-state index in [4.69, 9.17) is 15.1 Å². The van der Waals surface area contributed by atoms with Gasteiger partial charge in [0.25, 0.3) is 5.91 Å². The second-order valence-electron chi connectivity index (χ2n) is 7.85. The topological polar surface area (TPSA) is 108 Å². The number of hydrogen-bond donors (Lipinski definition) is 1. The van der Waals surface area contributed by atoms with Gasteiger partial charge in [-0.2, -0.15) is 20.2 Å². The molecule has 6 rings (SSSR count). The molecular weight excluding hydrogens is 458 g/mol. The van der Waals surface area contributed by atoms with Crippen LogP contribution in [0, 0.1) is 11.3 Å². The van der Waals surface area contributed by atoms with Crippen LogP contribution in [-0.4, -0.2) is 48.7 Å². The fraction of sp³-hybridized carbons (Fsp3) is 0.273. The molecule has 0 atom stereocenters. The number of amidine groups is 2. The molecule has 33 heavy (non-hydrogen) atoms. The van der Waals surface area contributed by atoms with E-state index in [1.165, 1.54) is 28.1 Å². The maximum absolute atomic E-state index is 12.9. The van der Waals surface area contributed by atoms with Crippen LogP contribution in [-0.2, 0) is 11.2 Å². The van der Waals surface area contributed by atoms with Gasteiger partial charge in [-0.1, -0.05) is 18.3 Å². The number of ether oxygens (including phenoxy) is 1. The van der Waals surface area contributed by atoms with Gasteiger partial charge in [0.2, 0.25) is 10.1 Å². The lowest BCUT2D eigenvalue weighted by Gasteiger charge is -2.20. The normalized spacial score (nSPS) is 19.3. The minimum Gasteiger partial charge on any atom is -0.497 e. The summed E-state index contributed by atoms with van der Waals surface area (Å²) in [6.45, 7) is 2.04. The molecule has 0 spiro atoms. The molecule has 1 fully saturated rings. The Bertz CT molecular complexity index is 1410. The summed E-state index contributed by atoms with van der Waals surface area (Å²) in [6.07, 6.45) is 4.64. The molecule has 11 heteroatoms. The van der Waals surface area contributed by atoms with E-state index in [9.17, 15) is 4.79 Å². The van der Waals surface area contributed by atoms with Crippen molar-refractivity contribution in [2.75, 3.05) is 7.11 Å². The van der Waals surface area contributed by atoms with Crippen LogP contribution in [0.3, 0.4) is 0 Å². The van der Waals surface area contributed by atoms with Gasteiger partial charge >= 0.3 is 0 Å². The number of nitrogens with one attached hydrogen (secondary N) is 1. The zero-order chi connectivity index (χ0) is 22.7. The number of aromatic nitrogens is 3. The van der Waals surface area contributed by atoms with Crippen molar-refractivity contribution in [1.29, 1.82) is 5.41 Å². The lowest BCUT2D eigenvalue weighted by atomic mass is 10.1. The predicted octanol–water partition coefficient (Wildman–Crippen LogP) is 4.06. The molecule has 1 aliphatic carbocycles. The van der Waals surface area contributed by atoms with Gasteiger partial charge < -0.3 is 4.74 Å². The van der Waals surface area contributed by atoms with Gasteiger partial charge in [0.15, 0.2) is 5.84 Å². The number of nitrogens with zero attached hydrogens (tertiary/aromatic N) is 6. The van der Waals surface area contributed by atoms with Crippen molar-refractivity contribution in [1.82, 2.24) is 19.6 Å². The maximum atomic E-state index is 12.9. The Morgan fingerprint density at radius 2 is 2.06 bits per heavy atom. The molecule has 0 unspecified atom stereocenters. The molecule has 0 radical (unpaired) electrons. The molecule has 1 amide bonds. The monoisotopic (exact) mass is 477 g/mol. The van der Waals surface area contributed by atoms with Crippen molar-refractivity contribution < 1.29 is 9.53 Å². The number of thioether (sulfide) groups is 1. The number of aliphatic imine (C=N–C) groups is 1. The van der Waals surface area contributed by atoms with E-state index in [1.54, 1.807) is 17.7 Å². The number of aryl methyl sites for hydroxylation is 1. The third-order valence-corrected chi connectivity index (χ3v) is 7.75. The van der Waals surface area contributed by atoms with E-state index in [-0.39, 0.29) is 11.4 Å². The largest absolute Gasteiger partial charge is 0.497 e. The van der Waals surface area contributed by atoms with Gasteiger partial charge in [-0.05, 0) is 61.4 Å². The number of imidazole rings is 1. The smallest absolute Gasteiger partial charge is 0.283 e. The molecule has 1 aromatic carbocycles. The lowest BCUT2D eigenvalue weighted by Crippen LogP contribution is -2.35. The van der Waals surface area contributed by atoms with E-state index in [0.717, 1.165) is 45.6 Å². The number of carbonyl (C=O) groups excluding carboxylic acids is 1. The first-order valence-corrected chi connectivity index (χ1v) is 12.2. The van der Waals surface area contributed by atoms with Crippen LogP contribution in [0.25, 0.3) is 22.3 Å². The van der Waals surface area contributed by atoms with E-state index < -0.39 is 5.91 Å². The molecule has 1 saturated carbocycles. The van der Waals surface area contributed by atoms with Crippen LogP contribution < -0.4 is 4.74 Å². The number of rotatable bonds is 5. The van der Waals surface area contributed by atoms with Crippen LogP contribution >= 0.6 is 23.1 Å². The van der Waals surface area contributed by atoms with Gasteiger partial charge in [0.1, 0.15) is 15.8 Å². The molecule has 4 heterocycles. The molecule has 0 bridgehead atoms. The zero-order valence-corrected chi connectivity index (χ0v) is 19.5. The van der Waals surface area contributed by atoms with Crippen molar-refractivity contribution in [3.05, 3.63) is 40.5 Å². The van der Waals surface area contributed by atoms with E-state index in [1.807, 2.05) is 31.2 Å². The second kappa shape index (κ2) is 7.63. The third kappa shape index (κ3) is 3.39. The highest BCUT2D eigenvalue weighted by Gasteiger charge is 2.40. The van der Waals surface area contributed by atoms with Crippen LogP contribution in [0.5, 0.6) is 5.75 Å². The number of amides is 1. The Hall–Kier alpha value is -3.31. The first-order valence-electron chi connectivity index (χ1n) is 10.6. The first-order chi connectivity index (χ1) is 16.1. The summed E-state index contributed by atoms with van der Waals surface area (Å²) < 4.78 is 7.02. The minimum absolute atomic E-state index is 0.0229. The molecule has 3 aromatic rings. The van der Waals surface area contributed by atoms with Crippen molar-refractivity contribution in [2.45, 2.75) is 26.2 Å². The number of benzene rings is 1. The summed E-state index contributed by atoms with van der Waals surface area (Å²) in [5.41, 5.74) is 2.35. The Morgan fingerprint density at radius 1 is 1.27 bits per heavy atom. The zero-order valence-electron chi connectivity index (χ0n) is 17.9. The molecule has 0 saturated heterocycles. The summed E-state index contributed by atoms with van der Waals surface area (Å²) in [5.74, 6) is 0.743. The number of carbonyl (C=O) groups is 1. The maximum Gasteiger partial charge on any atom is 0.283 e. The fourth-order valence-electron chi connectivity index (χ4n) is 3.68. The fourth-order valence-corrected chi connectivity index (χ4v) is 5.58. The summed E-state index contributed by atoms with van der Waals surface area (Å²) in [5, 5.41) is 21.7. The average molecular weight is 478 g/mol.